The normalized spacial score (nSPS) is 22.1. The lowest BCUT2D eigenvalue weighted by molar-refractivity contribution is 0.567. The molecule has 0 radical (unpaired) electrons. The molecule has 6 aromatic carbocycles. The van der Waals surface area contributed by atoms with Crippen molar-refractivity contribution in [3.63, 3.8) is 0 Å². The van der Waals surface area contributed by atoms with Gasteiger partial charge in [-0.05, 0) is 93.8 Å². The summed E-state index contributed by atoms with van der Waals surface area (Å²) in [6.45, 7) is 3.44. The zero-order valence-electron chi connectivity index (χ0n) is 28.7. The van der Waals surface area contributed by atoms with Crippen molar-refractivity contribution >= 4 is 43.8 Å². The Morgan fingerprint density at radius 2 is 1.51 bits per heavy atom. The summed E-state index contributed by atoms with van der Waals surface area (Å²) in [7, 11) is 0. The van der Waals surface area contributed by atoms with Crippen LogP contribution in [0.4, 0.5) is 5.69 Å². The smallest absolute Gasteiger partial charge is 0.175 e. The van der Waals surface area contributed by atoms with Gasteiger partial charge in [0.1, 0.15) is 17.9 Å². The van der Waals surface area contributed by atoms with E-state index < -0.39 is 0 Å². The topological polar surface area (TPSA) is 4.93 Å². The van der Waals surface area contributed by atoms with E-state index >= 15 is 0 Å². The summed E-state index contributed by atoms with van der Waals surface area (Å²) in [5.74, 6) is 0.549. The molecule has 12 rings (SSSR count). The molecule has 0 N–H and O–H groups in total. The van der Waals surface area contributed by atoms with Crippen LogP contribution < -0.4 is 4.48 Å². The van der Waals surface area contributed by atoms with Gasteiger partial charge in [-0.25, -0.2) is 4.48 Å². The molecule has 2 aliphatic heterocycles. The van der Waals surface area contributed by atoms with E-state index in [1.807, 2.05) is 0 Å². The highest BCUT2D eigenvalue weighted by Gasteiger charge is 2.64. The van der Waals surface area contributed by atoms with Crippen molar-refractivity contribution in [3.05, 3.63) is 162 Å². The van der Waals surface area contributed by atoms with Gasteiger partial charge in [0.25, 0.3) is 0 Å². The van der Waals surface area contributed by atoms with E-state index in [2.05, 4.69) is 157 Å². The molecule has 1 aromatic heterocycles. The molecule has 1 saturated heterocycles. The molecule has 0 saturated carbocycles. The number of rotatable bonds is 3. The number of allylic oxidation sites excluding steroid dienone is 8. The van der Waals surface area contributed by atoms with E-state index in [4.69, 9.17) is 0 Å². The molecule has 3 aliphatic carbocycles. The minimum Gasteiger partial charge on any atom is -0.309 e. The maximum atomic E-state index is 2.62. The monoisotopic (exact) mass is 653 g/mol. The van der Waals surface area contributed by atoms with Crippen LogP contribution in [0.5, 0.6) is 0 Å². The SMILES string of the molecule is CC1C=CC=C(c2cccc(-n3c4cc5c(c6c4c4c7c(cccc7ccc43)-c3ccccc3-6)-c3ccccc3[N+]3(C4=CC=CCC4)CC53)c2)C1. The fourth-order valence-electron chi connectivity index (χ4n) is 10.5. The number of nitrogens with zero attached hydrogens (tertiary/aromatic N) is 2. The standard InChI is InChI=1S/C49H37N2/c1-30-12-9-14-32(26-30)33-15-10-16-34(27-33)50-41-25-24-31-13-11-22-37-36-19-5-6-20-38(36)47-46-39-21-7-8-23-43(39)51(35-17-3-2-4-18-35)29-44(51)40(46)28-42(50)49(47)48(41)45(31)37/h2-3,5-17,19-25,27-28,30,44H,4,18,26,29H2,1H3/q+1. The van der Waals surface area contributed by atoms with Gasteiger partial charge in [0.05, 0.1) is 11.0 Å². The van der Waals surface area contributed by atoms with Crippen LogP contribution in [0.1, 0.15) is 43.4 Å². The van der Waals surface area contributed by atoms with Gasteiger partial charge in [-0.15, -0.1) is 0 Å². The summed E-state index contributed by atoms with van der Waals surface area (Å²) in [5, 5.41) is 5.44. The third-order valence-corrected chi connectivity index (χ3v) is 12.7. The highest BCUT2D eigenvalue weighted by atomic mass is 15.5. The van der Waals surface area contributed by atoms with Crippen molar-refractivity contribution in [2.45, 2.75) is 32.2 Å². The Labute approximate surface area is 298 Å². The average Bonchev–Trinajstić information content (AvgIpc) is 3.90. The zero-order chi connectivity index (χ0) is 33.4. The van der Waals surface area contributed by atoms with Crippen molar-refractivity contribution in [2.24, 2.45) is 5.92 Å². The summed E-state index contributed by atoms with van der Waals surface area (Å²) in [4.78, 5) is 0. The number of para-hydroxylation sites is 1. The molecular formula is C49H37N2+. The van der Waals surface area contributed by atoms with E-state index in [1.165, 1.54) is 94.0 Å². The lowest BCUT2D eigenvalue weighted by atomic mass is 9.82. The largest absolute Gasteiger partial charge is 0.309 e. The number of hydrogen-bond acceptors (Lipinski definition) is 0. The van der Waals surface area contributed by atoms with Crippen LogP contribution >= 0.6 is 0 Å². The maximum Gasteiger partial charge on any atom is 0.175 e. The zero-order valence-corrected chi connectivity index (χ0v) is 28.7. The first-order valence-electron chi connectivity index (χ1n) is 18.7. The first kappa shape index (κ1) is 28.0. The van der Waals surface area contributed by atoms with E-state index in [1.54, 1.807) is 5.70 Å². The van der Waals surface area contributed by atoms with Gasteiger partial charge in [-0.3, -0.25) is 0 Å². The second-order valence-electron chi connectivity index (χ2n) is 15.4. The molecule has 2 nitrogen and oxygen atoms in total. The average molecular weight is 654 g/mol. The van der Waals surface area contributed by atoms with Gasteiger partial charge in [0.15, 0.2) is 6.04 Å². The fourth-order valence-corrected chi connectivity index (χ4v) is 10.5. The second kappa shape index (κ2) is 9.96. The number of quaternary nitrogens is 1. The minimum absolute atomic E-state index is 0.407. The van der Waals surface area contributed by atoms with Crippen LogP contribution in [-0.2, 0) is 0 Å². The van der Waals surface area contributed by atoms with E-state index in [9.17, 15) is 0 Å². The number of aromatic nitrogens is 1. The second-order valence-corrected chi connectivity index (χ2v) is 15.4. The Kier molecular flexibility index (Phi) is 5.48. The molecule has 242 valence electrons. The van der Waals surface area contributed by atoms with Gasteiger partial charge in [0, 0.05) is 51.2 Å². The van der Waals surface area contributed by atoms with Crippen molar-refractivity contribution < 1.29 is 0 Å². The number of fused-ring (bicyclic) bond motifs is 10. The van der Waals surface area contributed by atoms with Gasteiger partial charge in [-0.1, -0.05) is 110 Å². The maximum absolute atomic E-state index is 2.62. The van der Waals surface area contributed by atoms with Crippen molar-refractivity contribution in [2.75, 3.05) is 6.54 Å². The molecule has 3 unspecified atom stereocenters. The molecule has 0 spiro atoms. The minimum atomic E-state index is 0.407. The molecule has 5 aliphatic rings. The van der Waals surface area contributed by atoms with Crippen LogP contribution in [0.2, 0.25) is 0 Å². The van der Waals surface area contributed by atoms with Crippen molar-refractivity contribution in [3.8, 4) is 39.1 Å². The van der Waals surface area contributed by atoms with Crippen molar-refractivity contribution in [1.29, 1.82) is 0 Å². The summed E-state index contributed by atoms with van der Waals surface area (Å²) >= 11 is 0. The highest BCUT2D eigenvalue weighted by molar-refractivity contribution is 6.32. The van der Waals surface area contributed by atoms with Crippen LogP contribution in [0.25, 0.3) is 77.2 Å². The molecule has 7 aromatic rings. The Hall–Kier alpha value is -5.70. The summed E-state index contributed by atoms with van der Waals surface area (Å²) in [6, 6.07) is 42.6. The Morgan fingerprint density at radius 1 is 0.667 bits per heavy atom. The van der Waals surface area contributed by atoms with Gasteiger partial charge in [-0.2, -0.15) is 0 Å². The molecule has 51 heavy (non-hydrogen) atoms. The van der Waals surface area contributed by atoms with E-state index in [0.717, 1.165) is 30.3 Å². The van der Waals surface area contributed by atoms with E-state index in [0.29, 0.717) is 12.0 Å². The molecule has 1 fully saturated rings. The van der Waals surface area contributed by atoms with Gasteiger partial charge >= 0.3 is 0 Å². The molecule has 3 atom stereocenters. The number of hydrogen-bond donors (Lipinski definition) is 0. The Morgan fingerprint density at radius 3 is 2.39 bits per heavy atom. The third kappa shape index (κ3) is 3.60. The predicted molar refractivity (Wildman–Crippen MR) is 215 cm³/mol. The Bertz CT molecular complexity index is 2840. The summed E-state index contributed by atoms with van der Waals surface area (Å²) in [6.07, 6.45) is 17.2. The quantitative estimate of drug-likeness (QED) is 0.132. The van der Waals surface area contributed by atoms with Crippen LogP contribution in [0.15, 0.2) is 151 Å². The summed E-state index contributed by atoms with van der Waals surface area (Å²) < 4.78 is 3.57. The van der Waals surface area contributed by atoms with Crippen molar-refractivity contribution in [1.82, 2.24) is 9.05 Å². The number of benzene rings is 6. The first-order valence-corrected chi connectivity index (χ1v) is 18.7. The van der Waals surface area contributed by atoms with Crippen LogP contribution in [-0.4, -0.2) is 11.1 Å². The van der Waals surface area contributed by atoms with Crippen LogP contribution in [0, 0.1) is 5.92 Å². The van der Waals surface area contributed by atoms with Crippen LogP contribution in [0.3, 0.4) is 0 Å². The molecule has 2 heteroatoms. The lowest BCUT2D eigenvalue weighted by Crippen LogP contribution is -2.29. The lowest BCUT2D eigenvalue weighted by Gasteiger charge is -2.31. The molecule has 0 amide bonds. The van der Waals surface area contributed by atoms with Gasteiger partial charge < -0.3 is 4.57 Å². The molecule has 3 heterocycles. The fraction of sp³-hybridized carbons (Fsp3) is 0.143. The molecule has 0 bridgehead atoms. The summed E-state index contributed by atoms with van der Waals surface area (Å²) in [5.41, 5.74) is 19.4. The van der Waals surface area contributed by atoms with Gasteiger partial charge in [0.2, 0.25) is 0 Å². The third-order valence-electron chi connectivity index (χ3n) is 12.7. The predicted octanol–water partition coefficient (Wildman–Crippen LogP) is 12.8. The molecular weight excluding hydrogens is 617 g/mol. The van der Waals surface area contributed by atoms with E-state index in [-0.39, 0.29) is 0 Å². The first-order chi connectivity index (χ1) is 25.2. The highest BCUT2D eigenvalue weighted by Crippen LogP contribution is 2.65. The Balaban J connectivity index is 1.25.